The zero-order valence-electron chi connectivity index (χ0n) is 29.1. The summed E-state index contributed by atoms with van der Waals surface area (Å²) in [4.78, 5) is 2.45. The second-order valence-corrected chi connectivity index (χ2v) is 17.3. The van der Waals surface area contributed by atoms with Gasteiger partial charge >= 0.3 is 0 Å². The van der Waals surface area contributed by atoms with Crippen molar-refractivity contribution < 1.29 is 22.3 Å². The topological polar surface area (TPSA) is 15.5 Å². The molecule has 5 heterocycles. The zero-order valence-corrected chi connectivity index (χ0v) is 29.1. The molecular weight excluding hydrogens is 600 g/mol. The van der Waals surface area contributed by atoms with Crippen LogP contribution in [0, 0.1) is 30.2 Å². The van der Waals surface area contributed by atoms with Crippen molar-refractivity contribution in [2.24, 2.45) is 0 Å². The molecule has 0 saturated heterocycles. The second kappa shape index (κ2) is 9.41. The van der Waals surface area contributed by atoms with Gasteiger partial charge in [0.05, 0.1) is 5.56 Å². The highest BCUT2D eigenvalue weighted by Gasteiger charge is 2.48. The Morgan fingerprint density at radius 1 is 0.660 bits per heavy atom. The van der Waals surface area contributed by atoms with Crippen molar-refractivity contribution >= 4 is 11.3 Å². The van der Waals surface area contributed by atoms with E-state index in [9.17, 15) is 4.39 Å². The summed E-state index contributed by atoms with van der Waals surface area (Å²) in [6.45, 7) is 22.9. The summed E-state index contributed by atoms with van der Waals surface area (Å²) in [5, 5.41) is 1.79. The van der Waals surface area contributed by atoms with Crippen molar-refractivity contribution in [1.82, 2.24) is 4.58 Å². The molecule has 0 amide bonds. The number of benzene rings is 3. The molecule has 7 heteroatoms. The van der Waals surface area contributed by atoms with Crippen LogP contribution < -0.4 is 24.8 Å². The van der Waals surface area contributed by atoms with E-state index in [2.05, 4.69) is 77.0 Å². The van der Waals surface area contributed by atoms with Gasteiger partial charge in [-0.2, -0.15) is 0 Å². The standard InChI is InChI=1S/C40H45F4N2O/c1-20-25(30(42)32(44)31(43)29(20)41)26-21-18-23-33-27(39(6,7)12-16-45(33)14-10-37(23,2)3)35(21)47-36-22(26)19-24-34-28(36)40(8,9)13-17-46(34)15-11-38(24,4)5/h18-19H,10-17H2,1-9H3/q+1. The summed E-state index contributed by atoms with van der Waals surface area (Å²) in [7, 11) is 0. The summed E-state index contributed by atoms with van der Waals surface area (Å²) >= 11 is 0. The molecule has 0 bridgehead atoms. The molecule has 0 unspecified atom stereocenters. The average molecular weight is 646 g/mol. The van der Waals surface area contributed by atoms with Crippen molar-refractivity contribution in [3.05, 3.63) is 84.9 Å². The maximum absolute atomic E-state index is 16.4. The number of ether oxygens (including phenoxy) is 1. The van der Waals surface area contributed by atoms with E-state index < -0.39 is 23.3 Å². The molecule has 47 heavy (non-hydrogen) atoms. The average Bonchev–Trinajstić information content (AvgIpc) is 2.99. The van der Waals surface area contributed by atoms with Crippen molar-refractivity contribution in [2.75, 3.05) is 31.1 Å². The van der Waals surface area contributed by atoms with Crippen LogP contribution in [0.25, 0.3) is 5.57 Å². The molecule has 0 fully saturated rings. The van der Waals surface area contributed by atoms with E-state index in [1.165, 1.54) is 18.0 Å². The smallest absolute Gasteiger partial charge is 0.211 e. The molecule has 0 aromatic heterocycles. The van der Waals surface area contributed by atoms with E-state index in [1.54, 1.807) is 0 Å². The van der Waals surface area contributed by atoms with Gasteiger partial charge in [-0.1, -0.05) is 55.4 Å². The lowest BCUT2D eigenvalue weighted by Gasteiger charge is -2.49. The molecule has 0 radical (unpaired) electrons. The maximum Gasteiger partial charge on any atom is 0.211 e. The predicted octanol–water partition coefficient (Wildman–Crippen LogP) is 7.93. The van der Waals surface area contributed by atoms with E-state index in [0.717, 1.165) is 74.1 Å². The Kier molecular flexibility index (Phi) is 6.20. The number of rotatable bonds is 1. The quantitative estimate of drug-likeness (QED) is 0.0905. The number of hydrogen-bond donors (Lipinski definition) is 0. The Morgan fingerprint density at radius 2 is 1.23 bits per heavy atom. The molecule has 3 nitrogen and oxygen atoms in total. The van der Waals surface area contributed by atoms with Gasteiger partial charge in [0.2, 0.25) is 5.36 Å². The number of halogens is 4. The first-order valence-corrected chi connectivity index (χ1v) is 17.2. The van der Waals surface area contributed by atoms with Gasteiger partial charge < -0.3 is 9.64 Å². The number of anilines is 1. The zero-order chi connectivity index (χ0) is 33.7. The lowest BCUT2D eigenvalue weighted by molar-refractivity contribution is 0.316. The van der Waals surface area contributed by atoms with E-state index in [-0.39, 0.29) is 32.8 Å². The van der Waals surface area contributed by atoms with E-state index in [1.807, 2.05) is 0 Å². The van der Waals surface area contributed by atoms with E-state index >= 15 is 13.2 Å². The first-order chi connectivity index (χ1) is 21.9. The minimum atomic E-state index is -1.79. The third-order valence-corrected chi connectivity index (χ3v) is 12.5. The fourth-order valence-electron chi connectivity index (χ4n) is 9.24. The number of hydrogen-bond acceptors (Lipinski definition) is 2. The molecule has 0 aliphatic carbocycles. The van der Waals surface area contributed by atoms with Gasteiger partial charge in [0, 0.05) is 75.5 Å². The van der Waals surface area contributed by atoms with Gasteiger partial charge in [-0.15, -0.1) is 0 Å². The highest BCUT2D eigenvalue weighted by atomic mass is 19.2. The number of nitrogens with zero attached hydrogens (tertiary/aromatic N) is 2. The van der Waals surface area contributed by atoms with Crippen molar-refractivity contribution in [3.8, 4) is 11.5 Å². The number of fused-ring (bicyclic) bond motifs is 4. The van der Waals surface area contributed by atoms with Crippen LogP contribution >= 0.6 is 0 Å². The minimum absolute atomic E-state index is 0.201. The molecule has 0 saturated carbocycles. The molecule has 0 spiro atoms. The Morgan fingerprint density at radius 3 is 1.91 bits per heavy atom. The van der Waals surface area contributed by atoms with Crippen molar-refractivity contribution in [1.29, 1.82) is 0 Å². The SMILES string of the molecule is Cc1c(F)c(F)c(F)c(F)c1C1=c2cc3c4c(c2Oc2c1cc1c5c2C(C)(C)CCN5CCC1(C)C)C(C)(C)CC[N+]=4CCC3(C)C. The Bertz CT molecular complexity index is 2050. The summed E-state index contributed by atoms with van der Waals surface area (Å²) in [6, 6.07) is 4.18. The van der Waals surface area contributed by atoms with E-state index in [0.29, 0.717) is 27.9 Å². The molecule has 8 rings (SSSR count). The monoisotopic (exact) mass is 645 g/mol. The summed E-state index contributed by atoms with van der Waals surface area (Å²) < 4.78 is 71.8. The summed E-state index contributed by atoms with van der Waals surface area (Å²) in [5.41, 5.74) is 5.09. The van der Waals surface area contributed by atoms with Gasteiger partial charge in [-0.25, -0.2) is 22.1 Å². The lowest BCUT2D eigenvalue weighted by atomic mass is 9.67. The molecule has 0 N–H and O–H groups in total. The molecule has 3 aromatic rings. The van der Waals surface area contributed by atoms with Crippen LogP contribution in [-0.4, -0.2) is 26.2 Å². The van der Waals surface area contributed by atoms with Crippen LogP contribution in [0.15, 0.2) is 12.1 Å². The highest BCUT2D eigenvalue weighted by Crippen LogP contribution is 2.57. The third-order valence-electron chi connectivity index (χ3n) is 12.5. The predicted molar refractivity (Wildman–Crippen MR) is 179 cm³/mol. The Hall–Kier alpha value is -3.35. The van der Waals surface area contributed by atoms with Crippen LogP contribution in [0.1, 0.15) is 120 Å². The van der Waals surface area contributed by atoms with Gasteiger partial charge in [0.1, 0.15) is 24.6 Å². The van der Waals surface area contributed by atoms with Gasteiger partial charge in [-0.05, 0) is 53.9 Å². The largest absolute Gasteiger partial charge is 0.455 e. The Labute approximate surface area is 274 Å². The molecule has 248 valence electrons. The lowest BCUT2D eigenvalue weighted by Crippen LogP contribution is -2.54. The first kappa shape index (κ1) is 31.0. The molecular formula is C40H45F4N2O+. The van der Waals surface area contributed by atoms with Crippen LogP contribution in [0.2, 0.25) is 0 Å². The van der Waals surface area contributed by atoms with Crippen molar-refractivity contribution in [2.45, 2.75) is 110 Å². The molecule has 5 aliphatic rings. The summed E-state index contributed by atoms with van der Waals surface area (Å²) in [6.07, 6.45) is 3.68. The van der Waals surface area contributed by atoms with Gasteiger partial charge in [0.15, 0.2) is 23.3 Å². The summed E-state index contributed by atoms with van der Waals surface area (Å²) in [5.74, 6) is -5.05. The van der Waals surface area contributed by atoms with Crippen LogP contribution in [-0.2, 0) is 21.7 Å². The fourth-order valence-corrected chi connectivity index (χ4v) is 9.24. The Balaban J connectivity index is 1.66. The van der Waals surface area contributed by atoms with Crippen LogP contribution in [0.3, 0.4) is 0 Å². The first-order valence-electron chi connectivity index (χ1n) is 17.2. The molecule has 0 atom stereocenters. The minimum Gasteiger partial charge on any atom is -0.455 e. The van der Waals surface area contributed by atoms with Gasteiger partial charge in [0.25, 0.3) is 0 Å². The highest BCUT2D eigenvalue weighted by molar-refractivity contribution is 5.91. The van der Waals surface area contributed by atoms with Crippen molar-refractivity contribution in [3.63, 3.8) is 0 Å². The van der Waals surface area contributed by atoms with Gasteiger partial charge in [-0.3, -0.25) is 0 Å². The maximum atomic E-state index is 16.4. The van der Waals surface area contributed by atoms with Crippen LogP contribution in [0.4, 0.5) is 23.2 Å². The third kappa shape index (κ3) is 4.01. The second-order valence-electron chi connectivity index (χ2n) is 17.3. The van der Waals surface area contributed by atoms with Crippen LogP contribution in [0.5, 0.6) is 11.5 Å². The van der Waals surface area contributed by atoms with E-state index in [4.69, 9.17) is 4.74 Å². The normalized spacial score (nSPS) is 22.2. The fraction of sp³-hybridized carbons (Fsp3) is 0.525. The molecule has 3 aromatic carbocycles. The molecule has 5 aliphatic heterocycles.